The molecule has 1 unspecified atom stereocenters. The second kappa shape index (κ2) is 9.12. The highest BCUT2D eigenvalue weighted by atomic mass is 14.6. The Morgan fingerprint density at radius 2 is 1.36 bits per heavy atom. The first kappa shape index (κ1) is 20.7. The third-order valence-electron chi connectivity index (χ3n) is 6.17. The highest BCUT2D eigenvalue weighted by molar-refractivity contribution is 6.01. The predicted octanol–water partition coefficient (Wildman–Crippen LogP) is 7.29. The molecule has 0 saturated heterocycles. The monoisotopic (exact) mass is 424 g/mol. The Morgan fingerprint density at radius 3 is 2.15 bits per heavy atom. The zero-order valence-electron chi connectivity index (χ0n) is 18.3. The summed E-state index contributed by atoms with van der Waals surface area (Å²) in [5.74, 6) is 0. The minimum atomic E-state index is -0.0453. The second-order valence-corrected chi connectivity index (χ2v) is 8.32. The van der Waals surface area contributed by atoms with Crippen LogP contribution in [0.3, 0.4) is 0 Å². The molecule has 0 heterocycles. The van der Waals surface area contributed by atoms with Crippen LogP contribution < -0.4 is 5.73 Å². The summed E-state index contributed by atoms with van der Waals surface area (Å²) in [6.07, 6.45) is 0.811. The standard InChI is InChI=1S/C31H24N2/c32-21-26-11-5-7-13-29(26)30-20-27(19-25-10-4-6-12-28(25)30)23-14-16-24(17-15-23)31(33)18-22-8-2-1-3-9-22/h1-17,19-20,31H,18,33H2. The number of rotatable bonds is 5. The summed E-state index contributed by atoms with van der Waals surface area (Å²) < 4.78 is 0. The first-order valence-corrected chi connectivity index (χ1v) is 11.1. The van der Waals surface area contributed by atoms with Gasteiger partial charge in [-0.1, -0.05) is 97.1 Å². The van der Waals surface area contributed by atoms with Crippen LogP contribution in [0.4, 0.5) is 0 Å². The number of benzene rings is 5. The van der Waals surface area contributed by atoms with E-state index < -0.39 is 0 Å². The van der Waals surface area contributed by atoms with E-state index >= 15 is 0 Å². The Labute approximate surface area is 194 Å². The van der Waals surface area contributed by atoms with Gasteiger partial charge in [0.15, 0.2) is 0 Å². The van der Waals surface area contributed by atoms with Gasteiger partial charge in [0.2, 0.25) is 0 Å². The van der Waals surface area contributed by atoms with Gasteiger partial charge >= 0.3 is 0 Å². The van der Waals surface area contributed by atoms with Crippen LogP contribution in [0.25, 0.3) is 33.0 Å². The van der Waals surface area contributed by atoms with Crippen LogP contribution in [0.15, 0.2) is 115 Å². The normalized spacial score (nSPS) is 11.8. The molecule has 0 fully saturated rings. The van der Waals surface area contributed by atoms with Crippen LogP contribution in [0, 0.1) is 11.3 Å². The quantitative estimate of drug-likeness (QED) is 0.322. The number of fused-ring (bicyclic) bond motifs is 1. The second-order valence-electron chi connectivity index (χ2n) is 8.32. The maximum Gasteiger partial charge on any atom is 0.0998 e. The first-order chi connectivity index (χ1) is 16.2. The molecule has 0 saturated carbocycles. The largest absolute Gasteiger partial charge is 0.324 e. The average Bonchev–Trinajstić information content (AvgIpc) is 2.88. The summed E-state index contributed by atoms with van der Waals surface area (Å²) in [4.78, 5) is 0. The number of nitrogens with zero attached hydrogens (tertiary/aromatic N) is 1. The Bertz CT molecular complexity index is 1440. The molecule has 0 aliphatic rings. The van der Waals surface area contributed by atoms with Crippen molar-refractivity contribution in [3.8, 4) is 28.3 Å². The van der Waals surface area contributed by atoms with Crippen LogP contribution in [0.2, 0.25) is 0 Å². The van der Waals surface area contributed by atoms with Crippen molar-refractivity contribution in [1.82, 2.24) is 0 Å². The van der Waals surface area contributed by atoms with E-state index in [0.29, 0.717) is 5.56 Å². The van der Waals surface area contributed by atoms with Gasteiger partial charge in [0, 0.05) is 11.6 Å². The van der Waals surface area contributed by atoms with Gasteiger partial charge in [0.05, 0.1) is 11.6 Å². The van der Waals surface area contributed by atoms with E-state index in [-0.39, 0.29) is 6.04 Å². The van der Waals surface area contributed by atoms with E-state index in [0.717, 1.165) is 45.0 Å². The topological polar surface area (TPSA) is 49.8 Å². The number of nitriles is 1. The minimum Gasteiger partial charge on any atom is -0.324 e. The number of hydrogen-bond acceptors (Lipinski definition) is 2. The van der Waals surface area contributed by atoms with Crippen LogP contribution in [0.5, 0.6) is 0 Å². The minimum absolute atomic E-state index is 0.0453. The lowest BCUT2D eigenvalue weighted by Crippen LogP contribution is -2.13. The van der Waals surface area contributed by atoms with Crippen molar-refractivity contribution in [3.05, 3.63) is 132 Å². The molecular formula is C31H24N2. The van der Waals surface area contributed by atoms with Gasteiger partial charge in [0.25, 0.3) is 0 Å². The van der Waals surface area contributed by atoms with Crippen molar-refractivity contribution < 1.29 is 0 Å². The van der Waals surface area contributed by atoms with Crippen molar-refractivity contribution in [2.45, 2.75) is 12.5 Å². The molecule has 0 amide bonds. The average molecular weight is 425 g/mol. The summed E-state index contributed by atoms with van der Waals surface area (Å²) in [6.45, 7) is 0. The zero-order valence-corrected chi connectivity index (χ0v) is 18.3. The lowest BCUT2D eigenvalue weighted by atomic mass is 9.90. The van der Waals surface area contributed by atoms with E-state index in [9.17, 15) is 5.26 Å². The molecule has 1 atom stereocenters. The van der Waals surface area contributed by atoms with Gasteiger partial charge in [-0.25, -0.2) is 0 Å². The summed E-state index contributed by atoms with van der Waals surface area (Å²) in [5.41, 5.74) is 13.8. The molecule has 5 aromatic rings. The van der Waals surface area contributed by atoms with Gasteiger partial charge in [-0.15, -0.1) is 0 Å². The number of hydrogen-bond donors (Lipinski definition) is 1. The molecule has 0 radical (unpaired) electrons. The highest BCUT2D eigenvalue weighted by Crippen LogP contribution is 2.36. The lowest BCUT2D eigenvalue weighted by molar-refractivity contribution is 0.722. The third kappa shape index (κ3) is 4.28. The molecule has 0 bridgehead atoms. The van der Waals surface area contributed by atoms with E-state index in [2.05, 4.69) is 72.8 Å². The molecule has 2 nitrogen and oxygen atoms in total. The summed E-state index contributed by atoms with van der Waals surface area (Å²) in [7, 11) is 0. The molecule has 2 N–H and O–H groups in total. The maximum absolute atomic E-state index is 9.66. The lowest BCUT2D eigenvalue weighted by Gasteiger charge is -2.15. The van der Waals surface area contributed by atoms with E-state index in [1.54, 1.807) is 0 Å². The fraction of sp³-hybridized carbons (Fsp3) is 0.0645. The van der Waals surface area contributed by atoms with Crippen molar-refractivity contribution in [2.24, 2.45) is 5.73 Å². The van der Waals surface area contributed by atoms with Crippen molar-refractivity contribution in [1.29, 1.82) is 5.26 Å². The van der Waals surface area contributed by atoms with Gasteiger partial charge in [-0.2, -0.15) is 5.26 Å². The number of nitrogens with two attached hydrogens (primary N) is 1. The summed E-state index contributed by atoms with van der Waals surface area (Å²) in [5, 5.41) is 12.0. The molecule has 5 aromatic carbocycles. The van der Waals surface area contributed by atoms with E-state index in [1.807, 2.05) is 48.5 Å². The molecule has 33 heavy (non-hydrogen) atoms. The highest BCUT2D eigenvalue weighted by Gasteiger charge is 2.12. The van der Waals surface area contributed by atoms with Crippen LogP contribution in [-0.4, -0.2) is 0 Å². The zero-order chi connectivity index (χ0) is 22.6. The molecule has 0 aliphatic heterocycles. The van der Waals surface area contributed by atoms with E-state index in [4.69, 9.17) is 5.73 Å². The van der Waals surface area contributed by atoms with Crippen molar-refractivity contribution >= 4 is 10.8 Å². The van der Waals surface area contributed by atoms with Crippen LogP contribution in [0.1, 0.15) is 22.7 Å². The van der Waals surface area contributed by atoms with E-state index in [1.165, 1.54) is 5.56 Å². The summed E-state index contributed by atoms with van der Waals surface area (Å²) >= 11 is 0. The fourth-order valence-corrected chi connectivity index (χ4v) is 4.42. The van der Waals surface area contributed by atoms with Gasteiger partial charge < -0.3 is 5.73 Å². The molecule has 5 rings (SSSR count). The fourth-order valence-electron chi connectivity index (χ4n) is 4.42. The van der Waals surface area contributed by atoms with Gasteiger partial charge in [-0.3, -0.25) is 0 Å². The molecule has 0 aliphatic carbocycles. The molecule has 158 valence electrons. The van der Waals surface area contributed by atoms with Crippen molar-refractivity contribution in [2.75, 3.05) is 0 Å². The molecule has 2 heteroatoms. The Hall–Kier alpha value is -4.19. The SMILES string of the molecule is N#Cc1ccccc1-c1cc(-c2ccc(C(N)Cc3ccccc3)cc2)cc2ccccc12. The summed E-state index contributed by atoms with van der Waals surface area (Å²) in [6, 6.07) is 41.7. The third-order valence-corrected chi connectivity index (χ3v) is 6.17. The molecular weight excluding hydrogens is 400 g/mol. The molecule has 0 spiro atoms. The Kier molecular flexibility index (Phi) is 5.72. The van der Waals surface area contributed by atoms with Crippen molar-refractivity contribution in [3.63, 3.8) is 0 Å². The van der Waals surface area contributed by atoms with Crippen LogP contribution >= 0.6 is 0 Å². The predicted molar refractivity (Wildman–Crippen MR) is 137 cm³/mol. The first-order valence-electron chi connectivity index (χ1n) is 11.1. The maximum atomic E-state index is 9.66. The van der Waals surface area contributed by atoms with Gasteiger partial charge in [0.1, 0.15) is 0 Å². The Balaban J connectivity index is 1.53. The smallest absolute Gasteiger partial charge is 0.0998 e. The molecule has 0 aromatic heterocycles. The van der Waals surface area contributed by atoms with Gasteiger partial charge in [-0.05, 0) is 63.2 Å². The van der Waals surface area contributed by atoms with Crippen LogP contribution in [-0.2, 0) is 6.42 Å². The Morgan fingerprint density at radius 1 is 0.667 bits per heavy atom.